The van der Waals surface area contributed by atoms with Gasteiger partial charge in [-0.1, -0.05) is 12.1 Å². The van der Waals surface area contributed by atoms with Crippen LogP contribution in [0.3, 0.4) is 0 Å². The molecule has 0 N–H and O–H groups in total. The van der Waals surface area contributed by atoms with Crippen LogP contribution in [0.2, 0.25) is 0 Å². The minimum atomic E-state index is -0.257. The average Bonchev–Trinajstić information content (AvgIpc) is 2.63. The van der Waals surface area contributed by atoms with Gasteiger partial charge in [-0.3, -0.25) is 9.59 Å². The largest absolute Gasteiger partial charge is 0.343 e. The Morgan fingerprint density at radius 2 is 1.84 bits per heavy atom. The summed E-state index contributed by atoms with van der Waals surface area (Å²) in [6, 6.07) is 10.0. The van der Waals surface area contributed by atoms with Crippen LogP contribution in [-0.4, -0.2) is 28.5 Å². The first kappa shape index (κ1) is 17.4. The Kier molecular flexibility index (Phi) is 5.31. The SMILES string of the molecule is Cn1ccc(C2CCN(C(=O)CCc3ccc(F)cc3)CC2)cc1=O. The number of nitrogens with zero attached hydrogens (tertiary/aromatic N) is 2. The van der Waals surface area contributed by atoms with E-state index in [1.165, 1.54) is 12.1 Å². The number of carbonyl (C=O) groups is 1. The van der Waals surface area contributed by atoms with E-state index in [-0.39, 0.29) is 17.3 Å². The third-order valence-corrected chi connectivity index (χ3v) is 4.99. The lowest BCUT2D eigenvalue weighted by atomic mass is 9.90. The second kappa shape index (κ2) is 7.64. The molecule has 1 saturated heterocycles. The van der Waals surface area contributed by atoms with Crippen LogP contribution in [0.25, 0.3) is 0 Å². The number of benzene rings is 1. The van der Waals surface area contributed by atoms with Crippen LogP contribution in [0, 0.1) is 5.82 Å². The monoisotopic (exact) mass is 342 g/mol. The molecule has 1 fully saturated rings. The van der Waals surface area contributed by atoms with Gasteiger partial charge in [-0.15, -0.1) is 0 Å². The van der Waals surface area contributed by atoms with Crippen molar-refractivity contribution >= 4 is 5.91 Å². The van der Waals surface area contributed by atoms with E-state index in [1.54, 1.807) is 36.0 Å². The summed E-state index contributed by atoms with van der Waals surface area (Å²) in [6.07, 6.45) is 4.65. The zero-order valence-electron chi connectivity index (χ0n) is 14.5. The number of rotatable bonds is 4. The van der Waals surface area contributed by atoms with Gasteiger partial charge < -0.3 is 9.47 Å². The van der Waals surface area contributed by atoms with E-state index in [0.29, 0.717) is 18.8 Å². The van der Waals surface area contributed by atoms with E-state index in [9.17, 15) is 14.0 Å². The maximum Gasteiger partial charge on any atom is 0.250 e. The average molecular weight is 342 g/mol. The van der Waals surface area contributed by atoms with E-state index in [1.807, 2.05) is 11.0 Å². The Bertz CT molecular complexity index is 790. The van der Waals surface area contributed by atoms with Crippen LogP contribution in [0.15, 0.2) is 47.4 Å². The number of hydrogen-bond acceptors (Lipinski definition) is 2. The van der Waals surface area contributed by atoms with Gasteiger partial charge in [-0.2, -0.15) is 0 Å². The fourth-order valence-corrected chi connectivity index (χ4v) is 3.34. The van der Waals surface area contributed by atoms with Crippen molar-refractivity contribution in [1.29, 1.82) is 0 Å². The Morgan fingerprint density at radius 3 is 2.48 bits per heavy atom. The molecule has 0 atom stereocenters. The molecule has 3 rings (SSSR count). The molecule has 0 bridgehead atoms. The molecule has 1 aromatic carbocycles. The minimum absolute atomic E-state index is 0.00954. The van der Waals surface area contributed by atoms with E-state index in [0.717, 1.165) is 37.1 Å². The molecule has 1 aliphatic heterocycles. The predicted molar refractivity (Wildman–Crippen MR) is 95.0 cm³/mol. The number of halogens is 1. The standard InChI is InChI=1S/C20H23FN2O2/c1-22-11-8-17(14-20(22)25)16-9-12-23(13-10-16)19(24)7-4-15-2-5-18(21)6-3-15/h2-3,5-6,8,11,14,16H,4,7,9-10,12-13H2,1H3. The lowest BCUT2D eigenvalue weighted by Crippen LogP contribution is -2.38. The van der Waals surface area contributed by atoms with Crippen molar-refractivity contribution < 1.29 is 9.18 Å². The molecule has 0 unspecified atom stereocenters. The minimum Gasteiger partial charge on any atom is -0.343 e. The zero-order chi connectivity index (χ0) is 17.8. The Balaban J connectivity index is 1.51. The highest BCUT2D eigenvalue weighted by atomic mass is 19.1. The summed E-state index contributed by atoms with van der Waals surface area (Å²) in [5.41, 5.74) is 2.06. The van der Waals surface area contributed by atoms with Crippen LogP contribution < -0.4 is 5.56 Å². The molecule has 0 radical (unpaired) electrons. The zero-order valence-corrected chi connectivity index (χ0v) is 14.5. The maximum absolute atomic E-state index is 12.9. The van der Waals surface area contributed by atoms with Crippen molar-refractivity contribution in [3.8, 4) is 0 Å². The van der Waals surface area contributed by atoms with Gasteiger partial charge in [0.05, 0.1) is 0 Å². The lowest BCUT2D eigenvalue weighted by Gasteiger charge is -2.32. The van der Waals surface area contributed by atoms with Gasteiger partial charge in [0.1, 0.15) is 5.82 Å². The Labute approximate surface area is 146 Å². The second-order valence-electron chi connectivity index (χ2n) is 6.69. The van der Waals surface area contributed by atoms with Crippen LogP contribution in [0.4, 0.5) is 4.39 Å². The van der Waals surface area contributed by atoms with Crippen LogP contribution in [0.1, 0.15) is 36.3 Å². The lowest BCUT2D eigenvalue weighted by molar-refractivity contribution is -0.132. The molecule has 0 aliphatic carbocycles. The molecule has 25 heavy (non-hydrogen) atoms. The van der Waals surface area contributed by atoms with Crippen LogP contribution >= 0.6 is 0 Å². The number of piperidine rings is 1. The summed E-state index contributed by atoms with van der Waals surface area (Å²) in [6.45, 7) is 1.45. The molecule has 2 aromatic rings. The van der Waals surface area contributed by atoms with Gasteiger partial charge >= 0.3 is 0 Å². The van der Waals surface area contributed by atoms with Crippen LogP contribution in [0.5, 0.6) is 0 Å². The topological polar surface area (TPSA) is 42.3 Å². The molecule has 0 saturated carbocycles. The smallest absolute Gasteiger partial charge is 0.250 e. The second-order valence-corrected chi connectivity index (χ2v) is 6.69. The van der Waals surface area contributed by atoms with Crippen molar-refractivity contribution in [2.75, 3.05) is 13.1 Å². The van der Waals surface area contributed by atoms with Crippen molar-refractivity contribution in [2.24, 2.45) is 7.05 Å². The summed E-state index contributed by atoms with van der Waals surface area (Å²) < 4.78 is 14.5. The summed E-state index contributed by atoms with van der Waals surface area (Å²) in [5, 5.41) is 0. The van der Waals surface area contributed by atoms with Gasteiger partial charge in [-0.05, 0) is 54.5 Å². The maximum atomic E-state index is 12.9. The van der Waals surface area contributed by atoms with Crippen molar-refractivity contribution in [2.45, 2.75) is 31.6 Å². The van der Waals surface area contributed by atoms with E-state index in [2.05, 4.69) is 0 Å². The van der Waals surface area contributed by atoms with Crippen LogP contribution in [-0.2, 0) is 18.3 Å². The van der Waals surface area contributed by atoms with Gasteiger partial charge in [-0.25, -0.2) is 4.39 Å². The third-order valence-electron chi connectivity index (χ3n) is 4.99. The normalized spacial score (nSPS) is 15.4. The molecule has 2 heterocycles. The first-order chi connectivity index (χ1) is 12.0. The molecular formula is C20H23FN2O2. The fraction of sp³-hybridized carbons (Fsp3) is 0.400. The fourth-order valence-electron chi connectivity index (χ4n) is 3.34. The molecule has 4 nitrogen and oxygen atoms in total. The highest BCUT2D eigenvalue weighted by Crippen LogP contribution is 2.27. The molecule has 5 heteroatoms. The number of likely N-dealkylation sites (tertiary alicyclic amines) is 1. The third kappa shape index (κ3) is 4.35. The number of aromatic nitrogens is 1. The first-order valence-corrected chi connectivity index (χ1v) is 8.72. The van der Waals surface area contributed by atoms with Gasteiger partial charge in [0.2, 0.25) is 5.91 Å². The Morgan fingerprint density at radius 1 is 1.16 bits per heavy atom. The van der Waals surface area contributed by atoms with Gasteiger partial charge in [0.25, 0.3) is 5.56 Å². The Hall–Kier alpha value is -2.43. The van der Waals surface area contributed by atoms with Gasteiger partial charge in [0.15, 0.2) is 0 Å². The van der Waals surface area contributed by atoms with Crippen molar-refractivity contribution in [3.63, 3.8) is 0 Å². The summed E-state index contributed by atoms with van der Waals surface area (Å²) in [7, 11) is 1.74. The molecular weight excluding hydrogens is 319 g/mol. The van der Waals surface area contributed by atoms with Gasteiger partial charge in [0, 0.05) is 38.8 Å². The molecule has 1 amide bonds. The van der Waals surface area contributed by atoms with E-state index >= 15 is 0 Å². The number of pyridine rings is 1. The van der Waals surface area contributed by atoms with Crippen molar-refractivity contribution in [1.82, 2.24) is 9.47 Å². The predicted octanol–water partition coefficient (Wildman–Crippen LogP) is 2.86. The first-order valence-electron chi connectivity index (χ1n) is 8.72. The molecule has 0 spiro atoms. The highest BCUT2D eigenvalue weighted by molar-refractivity contribution is 5.76. The molecule has 1 aliphatic rings. The van der Waals surface area contributed by atoms with Crippen molar-refractivity contribution in [3.05, 3.63) is 69.9 Å². The number of hydrogen-bond donors (Lipinski definition) is 0. The molecule has 1 aromatic heterocycles. The highest BCUT2D eigenvalue weighted by Gasteiger charge is 2.23. The van der Waals surface area contributed by atoms with E-state index in [4.69, 9.17) is 0 Å². The quantitative estimate of drug-likeness (QED) is 0.857. The number of aryl methyl sites for hydroxylation is 2. The summed E-state index contributed by atoms with van der Waals surface area (Å²) >= 11 is 0. The number of amides is 1. The summed E-state index contributed by atoms with van der Waals surface area (Å²) in [5.74, 6) is 0.231. The summed E-state index contributed by atoms with van der Waals surface area (Å²) in [4.78, 5) is 26.1. The van der Waals surface area contributed by atoms with E-state index < -0.39 is 0 Å². The molecule has 132 valence electrons. The number of carbonyl (C=O) groups excluding carboxylic acids is 1.